The molecular weight excluding hydrogens is 328 g/mol. The van der Waals surface area contributed by atoms with E-state index in [1.807, 2.05) is 36.4 Å². The highest BCUT2D eigenvalue weighted by atomic mass is 16.5. The van der Waals surface area contributed by atoms with Gasteiger partial charge in [0, 0.05) is 18.9 Å². The summed E-state index contributed by atoms with van der Waals surface area (Å²) in [6.07, 6.45) is 5.66. The molecule has 2 heterocycles. The molecule has 0 bridgehead atoms. The molecular formula is C20H20N4O2. The summed E-state index contributed by atoms with van der Waals surface area (Å²) in [6.45, 7) is 0.765. The second-order valence-electron chi connectivity index (χ2n) is 5.65. The molecule has 0 saturated carbocycles. The monoisotopic (exact) mass is 348 g/mol. The van der Waals surface area contributed by atoms with Gasteiger partial charge in [-0.25, -0.2) is 4.98 Å². The highest BCUT2D eigenvalue weighted by Crippen LogP contribution is 2.13. The van der Waals surface area contributed by atoms with E-state index in [-0.39, 0.29) is 5.91 Å². The molecule has 0 fully saturated rings. The lowest BCUT2D eigenvalue weighted by molar-refractivity contribution is 0.102. The number of carbonyl (C=O) groups is 1. The van der Waals surface area contributed by atoms with Crippen LogP contribution in [0.15, 0.2) is 67.1 Å². The second-order valence-corrected chi connectivity index (χ2v) is 5.65. The Balaban J connectivity index is 1.48. The van der Waals surface area contributed by atoms with E-state index in [1.165, 1.54) is 11.8 Å². The zero-order valence-corrected chi connectivity index (χ0v) is 14.5. The molecule has 0 unspecified atom stereocenters. The molecule has 26 heavy (non-hydrogen) atoms. The number of amides is 1. The minimum Gasteiger partial charge on any atom is -0.497 e. The first-order valence-corrected chi connectivity index (χ1v) is 8.29. The number of pyridine rings is 2. The van der Waals surface area contributed by atoms with Gasteiger partial charge in [-0.05, 0) is 48.4 Å². The summed E-state index contributed by atoms with van der Waals surface area (Å²) in [5.41, 5.74) is 2.37. The summed E-state index contributed by atoms with van der Waals surface area (Å²) in [5, 5.41) is 6.07. The maximum Gasteiger partial charge on any atom is 0.257 e. The van der Waals surface area contributed by atoms with Crippen molar-refractivity contribution in [1.29, 1.82) is 0 Å². The Morgan fingerprint density at radius 2 is 1.92 bits per heavy atom. The topological polar surface area (TPSA) is 76.1 Å². The number of nitrogens with one attached hydrogen (secondary N) is 2. The average Bonchev–Trinajstić information content (AvgIpc) is 2.70. The highest BCUT2D eigenvalue weighted by molar-refractivity contribution is 6.03. The fourth-order valence-electron chi connectivity index (χ4n) is 2.40. The molecule has 0 spiro atoms. The van der Waals surface area contributed by atoms with Crippen molar-refractivity contribution < 1.29 is 9.53 Å². The van der Waals surface area contributed by atoms with Crippen molar-refractivity contribution in [1.82, 2.24) is 9.97 Å². The smallest absolute Gasteiger partial charge is 0.257 e. The molecule has 0 aliphatic heterocycles. The summed E-state index contributed by atoms with van der Waals surface area (Å²) >= 11 is 0. The molecule has 3 rings (SSSR count). The van der Waals surface area contributed by atoms with Crippen LogP contribution in [0.4, 0.5) is 11.5 Å². The Morgan fingerprint density at radius 3 is 2.58 bits per heavy atom. The van der Waals surface area contributed by atoms with Gasteiger partial charge in [0.25, 0.3) is 5.91 Å². The summed E-state index contributed by atoms with van der Waals surface area (Å²) in [7, 11) is 1.66. The number of methoxy groups -OCH3 is 1. The van der Waals surface area contributed by atoms with Gasteiger partial charge in [0.2, 0.25) is 0 Å². The second kappa shape index (κ2) is 8.62. The number of carbonyl (C=O) groups excluding carboxylic acids is 1. The van der Waals surface area contributed by atoms with Gasteiger partial charge in [-0.1, -0.05) is 12.1 Å². The summed E-state index contributed by atoms with van der Waals surface area (Å²) in [4.78, 5) is 20.3. The third-order valence-electron chi connectivity index (χ3n) is 3.82. The number of anilines is 2. The lowest BCUT2D eigenvalue weighted by atomic mass is 10.1. The summed E-state index contributed by atoms with van der Waals surface area (Å²) < 4.78 is 5.15. The fourth-order valence-corrected chi connectivity index (χ4v) is 2.40. The number of hydrogen-bond donors (Lipinski definition) is 2. The summed E-state index contributed by atoms with van der Waals surface area (Å²) in [6, 6.07) is 15.1. The van der Waals surface area contributed by atoms with Crippen molar-refractivity contribution in [3.8, 4) is 5.75 Å². The van der Waals surface area contributed by atoms with Crippen LogP contribution in [0.3, 0.4) is 0 Å². The molecule has 0 saturated heterocycles. The largest absolute Gasteiger partial charge is 0.497 e. The molecule has 3 aromatic rings. The summed E-state index contributed by atoms with van der Waals surface area (Å²) in [5.74, 6) is 1.41. The van der Waals surface area contributed by atoms with Crippen molar-refractivity contribution >= 4 is 17.4 Å². The maximum absolute atomic E-state index is 12.1. The molecule has 6 heteroatoms. The van der Waals surface area contributed by atoms with E-state index in [4.69, 9.17) is 4.74 Å². The zero-order chi connectivity index (χ0) is 18.2. The van der Waals surface area contributed by atoms with Crippen LogP contribution in [0.1, 0.15) is 15.9 Å². The predicted octanol–water partition coefficient (Wildman–Crippen LogP) is 3.39. The van der Waals surface area contributed by atoms with Crippen LogP contribution in [-0.4, -0.2) is 29.5 Å². The van der Waals surface area contributed by atoms with Gasteiger partial charge in [-0.3, -0.25) is 9.78 Å². The molecule has 0 radical (unpaired) electrons. The van der Waals surface area contributed by atoms with Crippen molar-refractivity contribution in [3.05, 3.63) is 78.2 Å². The molecule has 2 aromatic heterocycles. The van der Waals surface area contributed by atoms with E-state index in [1.54, 1.807) is 31.6 Å². The molecule has 2 N–H and O–H groups in total. The fraction of sp³-hybridized carbons (Fsp3) is 0.150. The van der Waals surface area contributed by atoms with Crippen molar-refractivity contribution in [2.75, 3.05) is 24.3 Å². The van der Waals surface area contributed by atoms with E-state index in [0.29, 0.717) is 11.3 Å². The molecule has 0 aliphatic carbocycles. The Bertz CT molecular complexity index is 834. The van der Waals surface area contributed by atoms with Crippen LogP contribution in [-0.2, 0) is 6.42 Å². The Kier molecular flexibility index (Phi) is 5.77. The van der Waals surface area contributed by atoms with Crippen LogP contribution in [0.5, 0.6) is 5.75 Å². The maximum atomic E-state index is 12.1. The van der Waals surface area contributed by atoms with E-state index in [9.17, 15) is 4.79 Å². The van der Waals surface area contributed by atoms with Gasteiger partial charge in [0.1, 0.15) is 11.6 Å². The van der Waals surface area contributed by atoms with Crippen molar-refractivity contribution in [2.24, 2.45) is 0 Å². The SMILES string of the molecule is COc1ccc(CCNc2ccc(NC(=O)c3cccnc3)cn2)cc1. The van der Waals surface area contributed by atoms with Gasteiger partial charge >= 0.3 is 0 Å². The van der Waals surface area contributed by atoms with Crippen LogP contribution < -0.4 is 15.4 Å². The van der Waals surface area contributed by atoms with E-state index >= 15 is 0 Å². The number of nitrogens with zero attached hydrogens (tertiary/aromatic N) is 2. The van der Waals surface area contributed by atoms with Crippen LogP contribution in [0, 0.1) is 0 Å². The first kappa shape index (κ1) is 17.4. The predicted molar refractivity (Wildman–Crippen MR) is 102 cm³/mol. The number of rotatable bonds is 7. The molecule has 6 nitrogen and oxygen atoms in total. The molecule has 1 amide bonds. The van der Waals surface area contributed by atoms with Crippen molar-refractivity contribution in [2.45, 2.75) is 6.42 Å². The third-order valence-corrected chi connectivity index (χ3v) is 3.82. The molecule has 1 aromatic carbocycles. The van der Waals surface area contributed by atoms with E-state index < -0.39 is 0 Å². The molecule has 0 atom stereocenters. The highest BCUT2D eigenvalue weighted by Gasteiger charge is 2.06. The van der Waals surface area contributed by atoms with Crippen LogP contribution >= 0.6 is 0 Å². The Hall–Kier alpha value is -3.41. The van der Waals surface area contributed by atoms with Gasteiger partial charge in [0.05, 0.1) is 24.6 Å². The first-order valence-electron chi connectivity index (χ1n) is 8.29. The first-order chi connectivity index (χ1) is 12.7. The average molecular weight is 348 g/mol. The Morgan fingerprint density at radius 1 is 1.08 bits per heavy atom. The van der Waals surface area contributed by atoms with E-state index in [0.717, 1.165) is 24.5 Å². The van der Waals surface area contributed by atoms with Crippen LogP contribution in [0.25, 0.3) is 0 Å². The zero-order valence-electron chi connectivity index (χ0n) is 14.5. The quantitative estimate of drug-likeness (QED) is 0.684. The van der Waals surface area contributed by atoms with Gasteiger partial charge in [0.15, 0.2) is 0 Å². The number of ether oxygens (including phenoxy) is 1. The minimum atomic E-state index is -0.208. The number of benzene rings is 1. The van der Waals surface area contributed by atoms with Gasteiger partial charge < -0.3 is 15.4 Å². The molecule has 0 aliphatic rings. The van der Waals surface area contributed by atoms with Gasteiger partial charge in [-0.15, -0.1) is 0 Å². The lowest BCUT2D eigenvalue weighted by Crippen LogP contribution is -2.12. The van der Waals surface area contributed by atoms with Crippen LogP contribution in [0.2, 0.25) is 0 Å². The normalized spacial score (nSPS) is 10.2. The minimum absolute atomic E-state index is 0.208. The van der Waals surface area contributed by atoms with Gasteiger partial charge in [-0.2, -0.15) is 0 Å². The lowest BCUT2D eigenvalue weighted by Gasteiger charge is -2.08. The number of aromatic nitrogens is 2. The third kappa shape index (κ3) is 4.80. The standard InChI is InChI=1S/C20H20N4O2/c1-26-18-7-4-15(5-8-18)10-12-22-19-9-6-17(14-23-19)24-20(25)16-3-2-11-21-13-16/h2-9,11,13-14H,10,12H2,1H3,(H,22,23)(H,24,25). The Labute approximate surface area is 152 Å². The molecule has 132 valence electrons. The van der Waals surface area contributed by atoms with E-state index in [2.05, 4.69) is 20.6 Å². The van der Waals surface area contributed by atoms with Crippen molar-refractivity contribution in [3.63, 3.8) is 0 Å². The number of hydrogen-bond acceptors (Lipinski definition) is 5.